The molecule has 5 heteroatoms. The van der Waals surface area contributed by atoms with Crippen LogP contribution in [0.15, 0.2) is 42.7 Å². The summed E-state index contributed by atoms with van der Waals surface area (Å²) in [7, 11) is 1.63. The number of aliphatic hydroxyl groups is 1. The molecular formula is C15H21N3O2. The Morgan fingerprint density at radius 1 is 1.35 bits per heavy atom. The summed E-state index contributed by atoms with van der Waals surface area (Å²) >= 11 is 0. The second kappa shape index (κ2) is 7.07. The predicted octanol–water partition coefficient (Wildman–Crippen LogP) is 1.60. The number of nitrogens with one attached hydrogen (secondary N) is 1. The third kappa shape index (κ3) is 4.08. The molecule has 0 radical (unpaired) electrons. The highest BCUT2D eigenvalue weighted by molar-refractivity contribution is 5.28. The monoisotopic (exact) mass is 275 g/mol. The van der Waals surface area contributed by atoms with Crippen LogP contribution in [0.1, 0.15) is 18.6 Å². The van der Waals surface area contributed by atoms with Crippen LogP contribution < -0.4 is 10.1 Å². The first-order chi connectivity index (χ1) is 9.69. The first-order valence-electron chi connectivity index (χ1n) is 6.72. The van der Waals surface area contributed by atoms with E-state index in [2.05, 4.69) is 17.3 Å². The van der Waals surface area contributed by atoms with Crippen molar-refractivity contribution in [3.8, 4) is 5.75 Å². The highest BCUT2D eigenvalue weighted by atomic mass is 16.5. The molecule has 2 aromatic rings. The predicted molar refractivity (Wildman–Crippen MR) is 77.6 cm³/mol. The molecule has 2 atom stereocenters. The Hall–Kier alpha value is -1.85. The normalized spacial score (nSPS) is 13.9. The van der Waals surface area contributed by atoms with Gasteiger partial charge in [-0.2, -0.15) is 5.10 Å². The van der Waals surface area contributed by atoms with Crippen LogP contribution in [-0.2, 0) is 6.54 Å². The fourth-order valence-corrected chi connectivity index (χ4v) is 2.01. The van der Waals surface area contributed by atoms with Gasteiger partial charge in [0.2, 0.25) is 0 Å². The molecule has 0 aliphatic rings. The van der Waals surface area contributed by atoms with Crippen molar-refractivity contribution in [3.63, 3.8) is 0 Å². The average molecular weight is 275 g/mol. The van der Waals surface area contributed by atoms with E-state index >= 15 is 0 Å². The van der Waals surface area contributed by atoms with Crippen LogP contribution in [-0.4, -0.2) is 34.6 Å². The van der Waals surface area contributed by atoms with Crippen LogP contribution in [0.25, 0.3) is 0 Å². The average Bonchev–Trinajstić information content (AvgIpc) is 2.97. The molecular weight excluding hydrogens is 254 g/mol. The Balaban J connectivity index is 1.80. The molecule has 0 unspecified atom stereocenters. The van der Waals surface area contributed by atoms with Crippen LogP contribution in [0.5, 0.6) is 5.75 Å². The molecule has 0 amide bonds. The van der Waals surface area contributed by atoms with E-state index in [1.807, 2.05) is 41.2 Å². The summed E-state index contributed by atoms with van der Waals surface area (Å²) in [4.78, 5) is 0. The number of nitrogens with zero attached hydrogens (tertiary/aromatic N) is 2. The van der Waals surface area contributed by atoms with E-state index in [1.54, 1.807) is 13.3 Å². The van der Waals surface area contributed by atoms with E-state index in [0.717, 1.165) is 17.9 Å². The van der Waals surface area contributed by atoms with E-state index in [1.165, 1.54) is 0 Å². The van der Waals surface area contributed by atoms with Crippen molar-refractivity contribution in [2.24, 2.45) is 0 Å². The number of methoxy groups -OCH3 is 1. The highest BCUT2D eigenvalue weighted by Crippen LogP contribution is 2.17. The van der Waals surface area contributed by atoms with E-state index in [4.69, 9.17) is 4.74 Å². The Labute approximate surface area is 119 Å². The molecule has 1 heterocycles. The molecule has 0 saturated carbocycles. The van der Waals surface area contributed by atoms with Crippen molar-refractivity contribution in [2.75, 3.05) is 13.7 Å². The molecule has 108 valence electrons. The largest absolute Gasteiger partial charge is 0.497 e. The van der Waals surface area contributed by atoms with Gasteiger partial charge >= 0.3 is 0 Å². The first kappa shape index (κ1) is 14.6. The summed E-state index contributed by atoms with van der Waals surface area (Å²) in [5.41, 5.74) is 0.879. The number of aromatic nitrogens is 2. The van der Waals surface area contributed by atoms with Gasteiger partial charge in [-0.25, -0.2) is 0 Å². The van der Waals surface area contributed by atoms with Crippen LogP contribution in [0.3, 0.4) is 0 Å². The lowest BCUT2D eigenvalue weighted by atomic mass is 10.1. The first-order valence-corrected chi connectivity index (χ1v) is 6.72. The molecule has 0 spiro atoms. The van der Waals surface area contributed by atoms with Crippen LogP contribution in [0, 0.1) is 0 Å². The number of rotatable bonds is 7. The zero-order chi connectivity index (χ0) is 14.4. The number of aliphatic hydroxyl groups excluding tert-OH is 1. The van der Waals surface area contributed by atoms with Gasteiger partial charge in [-0.1, -0.05) is 12.1 Å². The SMILES string of the molecule is COc1ccc([C@H](O)CN[C@@H](C)Cn2cccn2)cc1. The fourth-order valence-electron chi connectivity index (χ4n) is 2.01. The highest BCUT2D eigenvalue weighted by Gasteiger charge is 2.10. The Morgan fingerprint density at radius 2 is 2.10 bits per heavy atom. The van der Waals surface area contributed by atoms with Crippen molar-refractivity contribution in [1.82, 2.24) is 15.1 Å². The second-order valence-corrected chi connectivity index (χ2v) is 4.83. The number of benzene rings is 1. The van der Waals surface area contributed by atoms with E-state index in [-0.39, 0.29) is 6.04 Å². The summed E-state index contributed by atoms with van der Waals surface area (Å²) in [5, 5.41) is 17.6. The van der Waals surface area contributed by atoms with E-state index in [9.17, 15) is 5.11 Å². The summed E-state index contributed by atoms with van der Waals surface area (Å²) in [6.45, 7) is 3.36. The molecule has 0 fully saturated rings. The van der Waals surface area contributed by atoms with Crippen molar-refractivity contribution < 1.29 is 9.84 Å². The number of hydrogen-bond acceptors (Lipinski definition) is 4. The van der Waals surface area contributed by atoms with Crippen molar-refractivity contribution in [3.05, 3.63) is 48.3 Å². The van der Waals surface area contributed by atoms with Gasteiger partial charge < -0.3 is 15.2 Å². The van der Waals surface area contributed by atoms with Gasteiger partial charge in [0.05, 0.1) is 19.8 Å². The maximum atomic E-state index is 10.1. The van der Waals surface area contributed by atoms with Crippen molar-refractivity contribution >= 4 is 0 Å². The maximum Gasteiger partial charge on any atom is 0.118 e. The molecule has 2 rings (SSSR count). The topological polar surface area (TPSA) is 59.3 Å². The zero-order valence-corrected chi connectivity index (χ0v) is 11.9. The minimum absolute atomic E-state index is 0.239. The van der Waals surface area contributed by atoms with Crippen molar-refractivity contribution in [2.45, 2.75) is 25.6 Å². The molecule has 0 bridgehead atoms. The van der Waals surface area contributed by atoms with Crippen molar-refractivity contribution in [1.29, 1.82) is 0 Å². The Morgan fingerprint density at radius 3 is 2.70 bits per heavy atom. The Kier molecular flexibility index (Phi) is 5.15. The van der Waals surface area contributed by atoms with Gasteiger partial charge in [0.25, 0.3) is 0 Å². The number of hydrogen-bond donors (Lipinski definition) is 2. The summed E-state index contributed by atoms with van der Waals surface area (Å²) in [6.07, 6.45) is 3.16. The lowest BCUT2D eigenvalue weighted by Crippen LogP contribution is -2.33. The summed E-state index contributed by atoms with van der Waals surface area (Å²) < 4.78 is 6.97. The lowest BCUT2D eigenvalue weighted by Gasteiger charge is -2.17. The molecule has 2 N–H and O–H groups in total. The van der Waals surface area contributed by atoms with Gasteiger partial charge in [-0.3, -0.25) is 4.68 Å². The molecule has 0 aliphatic heterocycles. The smallest absolute Gasteiger partial charge is 0.118 e. The standard InChI is InChI=1S/C15H21N3O2/c1-12(11-18-9-3-8-17-18)16-10-15(19)13-4-6-14(20-2)7-5-13/h3-9,12,15-16,19H,10-11H2,1-2H3/t12-,15+/m0/s1. The van der Waals surface area contributed by atoms with Gasteiger partial charge in [0, 0.05) is 25.0 Å². The third-order valence-corrected chi connectivity index (χ3v) is 3.18. The Bertz CT molecular complexity index is 496. The van der Waals surface area contributed by atoms with Crippen LogP contribution in [0.4, 0.5) is 0 Å². The summed E-state index contributed by atoms with van der Waals surface area (Å²) in [6, 6.07) is 9.60. The maximum absolute atomic E-state index is 10.1. The minimum Gasteiger partial charge on any atom is -0.497 e. The fraction of sp³-hybridized carbons (Fsp3) is 0.400. The van der Waals surface area contributed by atoms with Crippen LogP contribution in [0.2, 0.25) is 0 Å². The lowest BCUT2D eigenvalue weighted by molar-refractivity contribution is 0.169. The van der Waals surface area contributed by atoms with Gasteiger partial charge in [-0.15, -0.1) is 0 Å². The minimum atomic E-state index is -0.527. The zero-order valence-electron chi connectivity index (χ0n) is 11.9. The molecule has 0 aliphatic carbocycles. The molecule has 5 nitrogen and oxygen atoms in total. The molecule has 0 saturated heterocycles. The summed E-state index contributed by atoms with van der Waals surface area (Å²) in [5.74, 6) is 0.793. The quantitative estimate of drug-likeness (QED) is 0.806. The van der Waals surface area contributed by atoms with Gasteiger partial charge in [-0.05, 0) is 30.7 Å². The van der Waals surface area contributed by atoms with E-state index < -0.39 is 6.10 Å². The molecule has 20 heavy (non-hydrogen) atoms. The molecule has 1 aromatic carbocycles. The molecule has 1 aromatic heterocycles. The number of ether oxygens (including phenoxy) is 1. The van der Waals surface area contributed by atoms with Gasteiger partial charge in [0.15, 0.2) is 0 Å². The third-order valence-electron chi connectivity index (χ3n) is 3.18. The second-order valence-electron chi connectivity index (χ2n) is 4.83. The van der Waals surface area contributed by atoms with Crippen LogP contribution >= 0.6 is 0 Å². The van der Waals surface area contributed by atoms with Gasteiger partial charge in [0.1, 0.15) is 5.75 Å². The van der Waals surface area contributed by atoms with E-state index in [0.29, 0.717) is 6.54 Å².